The number of halogens is 1. The van der Waals surface area contributed by atoms with Crippen LogP contribution >= 0.6 is 23.4 Å². The largest absolute Gasteiger partial charge is 0.489 e. The van der Waals surface area contributed by atoms with Gasteiger partial charge in [0.25, 0.3) is 0 Å². The summed E-state index contributed by atoms with van der Waals surface area (Å²) >= 11 is 7.51. The zero-order valence-electron chi connectivity index (χ0n) is 20.0. The van der Waals surface area contributed by atoms with E-state index in [4.69, 9.17) is 16.3 Å². The molecule has 3 aromatic rings. The van der Waals surface area contributed by atoms with Gasteiger partial charge in [-0.1, -0.05) is 72.8 Å². The summed E-state index contributed by atoms with van der Waals surface area (Å²) in [6, 6.07) is 26.0. The van der Waals surface area contributed by atoms with Crippen LogP contribution in [0, 0.1) is 11.3 Å². The van der Waals surface area contributed by atoms with E-state index in [-0.39, 0.29) is 18.2 Å². The molecule has 0 saturated carbocycles. The second-order valence-electron chi connectivity index (χ2n) is 8.83. The van der Waals surface area contributed by atoms with Gasteiger partial charge in [0.2, 0.25) is 5.91 Å². The van der Waals surface area contributed by atoms with E-state index in [0.29, 0.717) is 29.7 Å². The van der Waals surface area contributed by atoms with E-state index in [1.54, 1.807) is 16.7 Å². The van der Waals surface area contributed by atoms with Gasteiger partial charge >= 0.3 is 0 Å². The van der Waals surface area contributed by atoms with Gasteiger partial charge < -0.3 is 9.64 Å². The first-order chi connectivity index (χ1) is 17.6. The van der Waals surface area contributed by atoms with E-state index in [2.05, 4.69) is 30.0 Å². The highest BCUT2D eigenvalue weighted by Crippen LogP contribution is 2.43. The molecule has 36 heavy (non-hydrogen) atoms. The molecule has 2 aliphatic heterocycles. The number of para-hydroxylation sites is 1. The van der Waals surface area contributed by atoms with Gasteiger partial charge in [-0.05, 0) is 53.4 Å². The van der Waals surface area contributed by atoms with Crippen molar-refractivity contribution in [3.05, 3.63) is 105 Å². The number of rotatable bonds is 6. The topological polar surface area (TPSA) is 56.6 Å². The van der Waals surface area contributed by atoms with Crippen LogP contribution in [0.25, 0.3) is 0 Å². The Hall–Kier alpha value is -3.40. The molecular weight excluding hydrogens is 490 g/mol. The summed E-state index contributed by atoms with van der Waals surface area (Å²) in [6.07, 6.45) is 1.21. The van der Waals surface area contributed by atoms with Gasteiger partial charge in [0, 0.05) is 23.0 Å². The Morgan fingerprint density at radius 1 is 1.08 bits per heavy atom. The number of carbonyl (C=O) groups is 1. The van der Waals surface area contributed by atoms with Crippen LogP contribution in [0.1, 0.15) is 36.0 Å². The summed E-state index contributed by atoms with van der Waals surface area (Å²) in [5, 5.41) is 11.6. The SMILES string of the molecule is CCc1ccccc1N1CSC2=C(C#N)[C@@H](c3ccc(OCc4ccc(Cl)cc4)cc3)CC(=O)N2C1. The normalized spacial score (nSPS) is 17.6. The van der Waals surface area contributed by atoms with Gasteiger partial charge in [0.05, 0.1) is 29.2 Å². The molecule has 1 saturated heterocycles. The molecule has 0 unspecified atom stereocenters. The number of carbonyl (C=O) groups excluding carboxylic acids is 1. The number of aryl methyl sites for hydroxylation is 1. The number of nitriles is 1. The number of ether oxygens (including phenoxy) is 1. The summed E-state index contributed by atoms with van der Waals surface area (Å²) in [7, 11) is 0. The lowest BCUT2D eigenvalue weighted by molar-refractivity contribution is -0.129. The molecule has 0 aromatic heterocycles. The van der Waals surface area contributed by atoms with Gasteiger partial charge in [0.1, 0.15) is 12.4 Å². The first kappa shape index (κ1) is 24.3. The maximum absolute atomic E-state index is 13.3. The number of benzene rings is 3. The fourth-order valence-corrected chi connectivity index (χ4v) is 5.95. The lowest BCUT2D eigenvalue weighted by Gasteiger charge is -2.42. The van der Waals surface area contributed by atoms with E-state index in [0.717, 1.165) is 34.0 Å². The van der Waals surface area contributed by atoms with Gasteiger partial charge in [-0.3, -0.25) is 9.69 Å². The maximum Gasteiger partial charge on any atom is 0.229 e. The number of nitrogens with zero attached hydrogens (tertiary/aromatic N) is 3. The molecule has 3 aromatic carbocycles. The fraction of sp³-hybridized carbons (Fsp3) is 0.241. The average Bonchev–Trinajstić information content (AvgIpc) is 2.93. The van der Waals surface area contributed by atoms with Crippen LogP contribution in [0.5, 0.6) is 5.75 Å². The van der Waals surface area contributed by atoms with E-state index >= 15 is 0 Å². The van der Waals surface area contributed by atoms with Crippen LogP contribution in [-0.4, -0.2) is 23.4 Å². The summed E-state index contributed by atoms with van der Waals surface area (Å²) < 4.78 is 5.90. The quantitative estimate of drug-likeness (QED) is 0.365. The predicted molar refractivity (Wildman–Crippen MR) is 145 cm³/mol. The van der Waals surface area contributed by atoms with Crippen molar-refractivity contribution in [1.82, 2.24) is 4.90 Å². The zero-order valence-corrected chi connectivity index (χ0v) is 21.6. The number of hydrogen-bond acceptors (Lipinski definition) is 5. The van der Waals surface area contributed by atoms with Crippen molar-refractivity contribution >= 4 is 35.0 Å². The highest BCUT2D eigenvalue weighted by Gasteiger charge is 2.38. The first-order valence-electron chi connectivity index (χ1n) is 11.9. The number of anilines is 1. The van der Waals surface area contributed by atoms with Crippen molar-refractivity contribution in [2.75, 3.05) is 17.4 Å². The number of amides is 1. The fourth-order valence-electron chi connectivity index (χ4n) is 4.66. The Labute approximate surface area is 220 Å². The molecule has 0 aliphatic carbocycles. The van der Waals surface area contributed by atoms with Gasteiger partial charge in [-0.15, -0.1) is 0 Å². The van der Waals surface area contributed by atoms with Crippen molar-refractivity contribution in [1.29, 1.82) is 5.26 Å². The molecular formula is C29H26ClN3O2S. The molecule has 5 rings (SSSR count). The molecule has 1 amide bonds. The maximum atomic E-state index is 13.3. The molecule has 0 spiro atoms. The molecule has 0 radical (unpaired) electrons. The highest BCUT2D eigenvalue weighted by molar-refractivity contribution is 8.03. The van der Waals surface area contributed by atoms with Crippen molar-refractivity contribution in [3.8, 4) is 11.8 Å². The third-order valence-corrected chi connectivity index (χ3v) is 8.01. The molecule has 2 aliphatic rings. The molecule has 1 atom stereocenters. The zero-order chi connectivity index (χ0) is 25.1. The smallest absolute Gasteiger partial charge is 0.229 e. The lowest BCUT2D eigenvalue weighted by Crippen LogP contribution is -2.47. The Kier molecular flexibility index (Phi) is 7.22. The molecule has 1 fully saturated rings. The van der Waals surface area contributed by atoms with E-state index < -0.39 is 0 Å². The van der Waals surface area contributed by atoms with Gasteiger partial charge in [0.15, 0.2) is 0 Å². The van der Waals surface area contributed by atoms with Crippen molar-refractivity contribution in [2.24, 2.45) is 0 Å². The van der Waals surface area contributed by atoms with Gasteiger partial charge in [-0.2, -0.15) is 5.26 Å². The molecule has 0 N–H and O–H groups in total. The van der Waals surface area contributed by atoms with Crippen LogP contribution in [0.4, 0.5) is 5.69 Å². The average molecular weight is 516 g/mol. The Balaban J connectivity index is 1.33. The number of hydrogen-bond donors (Lipinski definition) is 0. The number of allylic oxidation sites excluding steroid dienone is 1. The predicted octanol–water partition coefficient (Wildman–Crippen LogP) is 6.70. The monoisotopic (exact) mass is 515 g/mol. The standard InChI is InChI=1S/C29H26ClN3O2S/c1-2-21-5-3-4-6-27(21)32-18-33-28(34)15-25(26(16-31)29(33)36-19-32)22-9-13-24(14-10-22)35-17-20-7-11-23(30)12-8-20/h3-14,25H,2,15,17-19H2,1H3/t25-/m1/s1. The van der Waals surface area contributed by atoms with Crippen LogP contribution in [-0.2, 0) is 17.8 Å². The first-order valence-corrected chi connectivity index (χ1v) is 13.3. The number of fused-ring (bicyclic) bond motifs is 1. The van der Waals surface area contributed by atoms with Crippen LogP contribution in [0.2, 0.25) is 5.02 Å². The summed E-state index contributed by atoms with van der Waals surface area (Å²) in [5.74, 6) is 1.23. The van der Waals surface area contributed by atoms with Crippen LogP contribution in [0.15, 0.2) is 83.4 Å². The number of thioether (sulfide) groups is 1. The Bertz CT molecular complexity index is 1330. The van der Waals surface area contributed by atoms with E-state index in [1.807, 2.05) is 60.7 Å². The highest BCUT2D eigenvalue weighted by atomic mass is 35.5. The minimum atomic E-state index is -0.249. The molecule has 0 bridgehead atoms. The molecule has 182 valence electrons. The van der Waals surface area contributed by atoms with Gasteiger partial charge in [-0.25, -0.2) is 0 Å². The Morgan fingerprint density at radius 3 is 2.56 bits per heavy atom. The molecule has 7 heteroatoms. The Morgan fingerprint density at radius 2 is 1.83 bits per heavy atom. The van der Waals surface area contributed by atoms with Crippen molar-refractivity contribution in [2.45, 2.75) is 32.3 Å². The minimum absolute atomic E-state index is 0.0447. The second kappa shape index (κ2) is 10.7. The van der Waals surface area contributed by atoms with Crippen molar-refractivity contribution in [3.63, 3.8) is 0 Å². The molecule has 2 heterocycles. The summed E-state index contributed by atoms with van der Waals surface area (Å²) in [5.41, 5.74) is 5.05. The summed E-state index contributed by atoms with van der Waals surface area (Å²) in [4.78, 5) is 17.3. The minimum Gasteiger partial charge on any atom is -0.489 e. The third-order valence-electron chi connectivity index (χ3n) is 6.61. The molecule has 5 nitrogen and oxygen atoms in total. The van der Waals surface area contributed by atoms with Crippen LogP contribution < -0.4 is 9.64 Å². The van der Waals surface area contributed by atoms with E-state index in [9.17, 15) is 10.1 Å². The summed E-state index contributed by atoms with van der Waals surface area (Å²) in [6.45, 7) is 3.04. The third kappa shape index (κ3) is 4.95. The second-order valence-corrected chi connectivity index (χ2v) is 10.2. The lowest BCUT2D eigenvalue weighted by atomic mass is 9.86. The van der Waals surface area contributed by atoms with E-state index in [1.165, 1.54) is 5.56 Å². The van der Waals surface area contributed by atoms with Crippen LogP contribution in [0.3, 0.4) is 0 Å². The van der Waals surface area contributed by atoms with Crippen molar-refractivity contribution < 1.29 is 9.53 Å².